The first-order valence-electron chi connectivity index (χ1n) is 6.26. The van der Waals surface area contributed by atoms with Crippen LogP contribution in [0.15, 0.2) is 0 Å². The van der Waals surface area contributed by atoms with Crippen molar-refractivity contribution in [3.8, 4) is 0 Å². The average molecular weight is 242 g/mol. The summed E-state index contributed by atoms with van der Waals surface area (Å²) in [5.41, 5.74) is 0. The molecule has 1 atom stereocenters. The molecule has 17 heavy (non-hydrogen) atoms. The molecule has 0 bridgehead atoms. The number of nitrogens with zero attached hydrogens (tertiary/aromatic N) is 1. The first kappa shape index (κ1) is 14.0. The number of hydrogen-bond acceptors (Lipinski definition) is 3. The van der Waals surface area contributed by atoms with Crippen LogP contribution in [0.2, 0.25) is 0 Å². The summed E-state index contributed by atoms with van der Waals surface area (Å²) in [4.78, 5) is 25.4. The molecular formula is C12H22N2O3. The molecule has 5 heteroatoms. The zero-order chi connectivity index (χ0) is 12.7. The number of nitrogens with one attached hydrogen (secondary N) is 1. The topological polar surface area (TPSA) is 58.6 Å². The van der Waals surface area contributed by atoms with Gasteiger partial charge in [-0.3, -0.25) is 9.59 Å². The van der Waals surface area contributed by atoms with Crippen LogP contribution in [-0.4, -0.2) is 49.6 Å². The second-order valence-corrected chi connectivity index (χ2v) is 4.33. The zero-order valence-corrected chi connectivity index (χ0v) is 10.7. The second-order valence-electron chi connectivity index (χ2n) is 4.33. The van der Waals surface area contributed by atoms with E-state index in [0.29, 0.717) is 32.5 Å². The van der Waals surface area contributed by atoms with E-state index in [1.807, 2.05) is 6.92 Å². The third-order valence-electron chi connectivity index (χ3n) is 2.91. The molecule has 1 unspecified atom stereocenters. The molecule has 1 aliphatic heterocycles. The van der Waals surface area contributed by atoms with Crippen molar-refractivity contribution in [2.24, 2.45) is 0 Å². The van der Waals surface area contributed by atoms with Crippen LogP contribution >= 0.6 is 0 Å². The van der Waals surface area contributed by atoms with Crippen LogP contribution in [0.1, 0.15) is 32.6 Å². The summed E-state index contributed by atoms with van der Waals surface area (Å²) in [6.45, 7) is 3.85. The van der Waals surface area contributed by atoms with E-state index in [1.165, 1.54) is 0 Å². The SMILES string of the molecule is CCCC1NC(=O)CCN(CCCOC)C1=O. The van der Waals surface area contributed by atoms with Crippen LogP contribution in [-0.2, 0) is 14.3 Å². The highest BCUT2D eigenvalue weighted by atomic mass is 16.5. The Hall–Kier alpha value is -1.10. The van der Waals surface area contributed by atoms with Gasteiger partial charge < -0.3 is 15.0 Å². The van der Waals surface area contributed by atoms with E-state index < -0.39 is 0 Å². The number of rotatable bonds is 6. The predicted octanol–water partition coefficient (Wildman–Crippen LogP) is 0.540. The molecule has 1 heterocycles. The van der Waals surface area contributed by atoms with E-state index in [2.05, 4.69) is 5.32 Å². The van der Waals surface area contributed by atoms with Gasteiger partial charge in [0.1, 0.15) is 6.04 Å². The third kappa shape index (κ3) is 4.34. The van der Waals surface area contributed by atoms with Gasteiger partial charge in [-0.1, -0.05) is 13.3 Å². The van der Waals surface area contributed by atoms with Crippen LogP contribution in [0.3, 0.4) is 0 Å². The molecule has 0 spiro atoms. The van der Waals surface area contributed by atoms with Gasteiger partial charge in [0.05, 0.1) is 0 Å². The third-order valence-corrected chi connectivity index (χ3v) is 2.91. The molecule has 1 N–H and O–H groups in total. The van der Waals surface area contributed by atoms with Gasteiger partial charge in [0.15, 0.2) is 0 Å². The summed E-state index contributed by atoms with van der Waals surface area (Å²) < 4.78 is 4.97. The molecule has 1 saturated heterocycles. The van der Waals surface area contributed by atoms with Crippen molar-refractivity contribution in [3.63, 3.8) is 0 Å². The van der Waals surface area contributed by atoms with Crippen molar-refractivity contribution in [2.75, 3.05) is 26.8 Å². The largest absolute Gasteiger partial charge is 0.385 e. The summed E-state index contributed by atoms with van der Waals surface area (Å²) in [7, 11) is 1.65. The number of methoxy groups -OCH3 is 1. The van der Waals surface area contributed by atoms with Gasteiger partial charge in [-0.15, -0.1) is 0 Å². The Kier molecular flexibility index (Phi) is 5.97. The van der Waals surface area contributed by atoms with Crippen molar-refractivity contribution in [1.29, 1.82) is 0 Å². The lowest BCUT2D eigenvalue weighted by molar-refractivity contribution is -0.133. The molecule has 1 aliphatic rings. The lowest BCUT2D eigenvalue weighted by Crippen LogP contribution is -2.44. The number of carbonyl (C=O) groups is 2. The monoisotopic (exact) mass is 242 g/mol. The summed E-state index contributed by atoms with van der Waals surface area (Å²) in [6.07, 6.45) is 2.82. The molecule has 0 saturated carbocycles. The van der Waals surface area contributed by atoms with Gasteiger partial charge in [0.25, 0.3) is 0 Å². The van der Waals surface area contributed by atoms with E-state index >= 15 is 0 Å². The number of ether oxygens (including phenoxy) is 1. The Morgan fingerprint density at radius 3 is 2.88 bits per heavy atom. The van der Waals surface area contributed by atoms with Gasteiger partial charge in [-0.2, -0.15) is 0 Å². The Morgan fingerprint density at radius 1 is 1.47 bits per heavy atom. The smallest absolute Gasteiger partial charge is 0.245 e. The molecule has 0 radical (unpaired) electrons. The van der Waals surface area contributed by atoms with Crippen LogP contribution in [0.5, 0.6) is 0 Å². The van der Waals surface area contributed by atoms with Crippen LogP contribution in [0.4, 0.5) is 0 Å². The summed E-state index contributed by atoms with van der Waals surface area (Å²) >= 11 is 0. The van der Waals surface area contributed by atoms with Crippen LogP contribution in [0.25, 0.3) is 0 Å². The average Bonchev–Trinajstić information content (AvgIpc) is 2.43. The fraction of sp³-hybridized carbons (Fsp3) is 0.833. The first-order chi connectivity index (χ1) is 8.19. The molecular weight excluding hydrogens is 220 g/mol. The quantitative estimate of drug-likeness (QED) is 0.692. The lowest BCUT2D eigenvalue weighted by Gasteiger charge is -2.23. The first-order valence-corrected chi connectivity index (χ1v) is 6.26. The Morgan fingerprint density at radius 2 is 2.24 bits per heavy atom. The van der Waals surface area contributed by atoms with E-state index in [-0.39, 0.29) is 17.9 Å². The van der Waals surface area contributed by atoms with E-state index in [4.69, 9.17) is 4.74 Å². The maximum absolute atomic E-state index is 12.1. The molecule has 98 valence electrons. The maximum atomic E-state index is 12.1. The predicted molar refractivity (Wildman–Crippen MR) is 64.5 cm³/mol. The molecule has 0 aromatic rings. The van der Waals surface area contributed by atoms with Crippen molar-refractivity contribution in [2.45, 2.75) is 38.6 Å². The standard InChI is InChI=1S/C12H22N2O3/c1-3-5-10-12(16)14(7-4-9-17-2)8-6-11(15)13-10/h10H,3-9H2,1-2H3,(H,13,15). The van der Waals surface area contributed by atoms with Crippen LogP contribution in [0, 0.1) is 0 Å². The number of carbonyl (C=O) groups excluding carboxylic acids is 2. The Labute approximate surface area is 102 Å². The van der Waals surface area contributed by atoms with Crippen molar-refractivity contribution in [1.82, 2.24) is 10.2 Å². The zero-order valence-electron chi connectivity index (χ0n) is 10.7. The minimum absolute atomic E-state index is 0.0222. The highest BCUT2D eigenvalue weighted by molar-refractivity contribution is 5.89. The summed E-state index contributed by atoms with van der Waals surface area (Å²) in [5.74, 6) is 0.0276. The normalized spacial score (nSPS) is 21.3. The van der Waals surface area contributed by atoms with Crippen molar-refractivity contribution >= 4 is 11.8 Å². The Balaban J connectivity index is 2.56. The number of hydrogen-bond donors (Lipinski definition) is 1. The van der Waals surface area contributed by atoms with Gasteiger partial charge >= 0.3 is 0 Å². The van der Waals surface area contributed by atoms with Gasteiger partial charge in [-0.05, 0) is 12.8 Å². The summed E-state index contributed by atoms with van der Waals surface area (Å²) in [6, 6.07) is -0.336. The molecule has 5 nitrogen and oxygen atoms in total. The van der Waals surface area contributed by atoms with Crippen molar-refractivity contribution in [3.05, 3.63) is 0 Å². The van der Waals surface area contributed by atoms with E-state index in [1.54, 1.807) is 12.0 Å². The van der Waals surface area contributed by atoms with Crippen LogP contribution < -0.4 is 5.32 Å². The lowest BCUT2D eigenvalue weighted by atomic mass is 10.1. The summed E-state index contributed by atoms with van der Waals surface area (Å²) in [5, 5.41) is 2.79. The van der Waals surface area contributed by atoms with Gasteiger partial charge in [0.2, 0.25) is 11.8 Å². The fourth-order valence-electron chi connectivity index (χ4n) is 2.00. The Bertz CT molecular complexity index is 268. The number of amides is 2. The second kappa shape index (κ2) is 7.27. The van der Waals surface area contributed by atoms with Gasteiger partial charge in [-0.25, -0.2) is 0 Å². The highest BCUT2D eigenvalue weighted by Gasteiger charge is 2.28. The van der Waals surface area contributed by atoms with Gasteiger partial charge in [0, 0.05) is 33.2 Å². The van der Waals surface area contributed by atoms with E-state index in [0.717, 1.165) is 12.8 Å². The van der Waals surface area contributed by atoms with Crippen molar-refractivity contribution < 1.29 is 14.3 Å². The minimum Gasteiger partial charge on any atom is -0.385 e. The molecule has 0 aromatic heterocycles. The van der Waals surface area contributed by atoms with E-state index in [9.17, 15) is 9.59 Å². The fourth-order valence-corrected chi connectivity index (χ4v) is 2.00. The maximum Gasteiger partial charge on any atom is 0.245 e. The molecule has 0 aliphatic carbocycles. The molecule has 2 amide bonds. The highest BCUT2D eigenvalue weighted by Crippen LogP contribution is 2.08. The minimum atomic E-state index is -0.336. The molecule has 1 fully saturated rings. The molecule has 1 rings (SSSR count). The molecule has 0 aromatic carbocycles.